The van der Waals surface area contributed by atoms with E-state index in [1.54, 1.807) is 18.2 Å². The quantitative estimate of drug-likeness (QED) is 0.662. The summed E-state index contributed by atoms with van der Waals surface area (Å²) in [6.07, 6.45) is 10.1. The molecule has 0 saturated carbocycles. The van der Waals surface area contributed by atoms with Crippen molar-refractivity contribution in [3.63, 3.8) is 0 Å². The van der Waals surface area contributed by atoms with Crippen molar-refractivity contribution in [2.75, 3.05) is 13.2 Å². The second-order valence-electron chi connectivity index (χ2n) is 2.36. The fourth-order valence-corrected chi connectivity index (χ4v) is 0.872. The zero-order valence-electron chi connectivity index (χ0n) is 7.62. The fraction of sp³-hybridized carbons (Fsp3) is 0.167. The van der Waals surface area contributed by atoms with Gasteiger partial charge in [0.05, 0.1) is 0 Å². The van der Waals surface area contributed by atoms with Gasteiger partial charge in [0.25, 0.3) is 0 Å². The Bertz CT molecular complexity index is 332. The Balaban J connectivity index is 2.71. The van der Waals surface area contributed by atoms with Crippen LogP contribution in [-0.4, -0.2) is 13.2 Å². The number of rotatable bonds is 4. The van der Waals surface area contributed by atoms with Crippen LogP contribution in [-0.2, 0) is 0 Å². The van der Waals surface area contributed by atoms with Gasteiger partial charge in [0.15, 0.2) is 11.5 Å². The van der Waals surface area contributed by atoms with Crippen molar-refractivity contribution >= 4 is 0 Å². The lowest BCUT2D eigenvalue weighted by Crippen LogP contribution is -1.99. The largest absolute Gasteiger partial charge is 0.477 e. The van der Waals surface area contributed by atoms with Crippen molar-refractivity contribution in [3.05, 3.63) is 24.3 Å². The first-order valence-electron chi connectivity index (χ1n) is 4.01. The van der Waals surface area contributed by atoms with Gasteiger partial charge in [-0.3, -0.25) is 0 Å². The SMILES string of the molecule is C#CCOc1c[c]ccc1OCC#C. The molecule has 69 valence electrons. The zero-order valence-corrected chi connectivity index (χ0v) is 7.62. The van der Waals surface area contributed by atoms with Gasteiger partial charge in [-0.25, -0.2) is 0 Å². The summed E-state index contributed by atoms with van der Waals surface area (Å²) < 4.78 is 10.5. The van der Waals surface area contributed by atoms with Gasteiger partial charge < -0.3 is 9.47 Å². The minimum absolute atomic E-state index is 0.199. The third-order valence-corrected chi connectivity index (χ3v) is 1.41. The molecule has 0 bridgehead atoms. The highest BCUT2D eigenvalue weighted by atomic mass is 16.5. The highest BCUT2D eigenvalue weighted by Gasteiger charge is 2.01. The van der Waals surface area contributed by atoms with E-state index >= 15 is 0 Å². The molecule has 0 unspecified atom stereocenters. The number of terminal acetylenes is 2. The lowest BCUT2D eigenvalue weighted by Gasteiger charge is -2.08. The van der Waals surface area contributed by atoms with Crippen LogP contribution in [0.3, 0.4) is 0 Å². The van der Waals surface area contributed by atoms with Gasteiger partial charge in [-0.05, 0) is 18.2 Å². The van der Waals surface area contributed by atoms with E-state index in [4.69, 9.17) is 22.3 Å². The van der Waals surface area contributed by atoms with Gasteiger partial charge in [0, 0.05) is 0 Å². The Morgan fingerprint density at radius 2 is 1.79 bits per heavy atom. The van der Waals surface area contributed by atoms with E-state index in [0.29, 0.717) is 11.5 Å². The zero-order chi connectivity index (χ0) is 10.2. The van der Waals surface area contributed by atoms with Crippen LogP contribution < -0.4 is 9.47 Å². The molecule has 1 aromatic carbocycles. The molecule has 0 aliphatic rings. The predicted molar refractivity (Wildman–Crippen MR) is 53.9 cm³/mol. The smallest absolute Gasteiger partial charge is 0.163 e. The first-order chi connectivity index (χ1) is 6.88. The average Bonchev–Trinajstić information content (AvgIpc) is 2.24. The Morgan fingerprint density at radius 3 is 2.43 bits per heavy atom. The van der Waals surface area contributed by atoms with Crippen molar-refractivity contribution in [2.45, 2.75) is 0 Å². The molecule has 0 saturated heterocycles. The Kier molecular flexibility index (Phi) is 3.98. The molecule has 0 amide bonds. The summed E-state index contributed by atoms with van der Waals surface area (Å²) in [5.41, 5.74) is 0. The third kappa shape index (κ3) is 2.77. The Hall–Kier alpha value is -2.06. The maximum atomic E-state index is 5.23. The Morgan fingerprint density at radius 1 is 1.14 bits per heavy atom. The summed E-state index contributed by atoms with van der Waals surface area (Å²) in [4.78, 5) is 0. The minimum Gasteiger partial charge on any atom is -0.477 e. The van der Waals surface area contributed by atoms with E-state index in [-0.39, 0.29) is 13.2 Å². The standard InChI is InChI=1S/C12H9O2/c1-3-9-13-11-7-5-6-8-12(11)14-10-4-2/h1-2,5,7-8H,9-10H2. The molecule has 0 aromatic heterocycles. The lowest BCUT2D eigenvalue weighted by molar-refractivity contribution is 0.314. The molecule has 1 aromatic rings. The van der Waals surface area contributed by atoms with Gasteiger partial charge in [-0.15, -0.1) is 12.8 Å². The van der Waals surface area contributed by atoms with E-state index in [1.807, 2.05) is 0 Å². The van der Waals surface area contributed by atoms with E-state index in [1.165, 1.54) is 0 Å². The topological polar surface area (TPSA) is 18.5 Å². The Labute approximate surface area is 83.8 Å². The minimum atomic E-state index is 0.199. The second-order valence-corrected chi connectivity index (χ2v) is 2.36. The molecular weight excluding hydrogens is 176 g/mol. The molecular formula is C12H9O2. The summed E-state index contributed by atoms with van der Waals surface area (Å²) in [6, 6.07) is 7.96. The monoisotopic (exact) mass is 185 g/mol. The summed E-state index contributed by atoms with van der Waals surface area (Å²) in [7, 11) is 0. The van der Waals surface area contributed by atoms with E-state index in [0.717, 1.165) is 0 Å². The molecule has 1 rings (SSSR count). The number of hydrogen-bond donors (Lipinski definition) is 0. The molecule has 2 heteroatoms. The number of benzene rings is 1. The van der Waals surface area contributed by atoms with Crippen LogP contribution in [0, 0.1) is 30.8 Å². The first kappa shape index (κ1) is 10.0. The van der Waals surface area contributed by atoms with Crippen molar-refractivity contribution < 1.29 is 9.47 Å². The number of hydrogen-bond acceptors (Lipinski definition) is 2. The van der Waals surface area contributed by atoms with Crippen molar-refractivity contribution in [3.8, 4) is 36.2 Å². The van der Waals surface area contributed by atoms with E-state index in [9.17, 15) is 0 Å². The molecule has 0 N–H and O–H groups in total. The van der Waals surface area contributed by atoms with Gasteiger partial charge in [0.2, 0.25) is 0 Å². The highest BCUT2D eigenvalue weighted by molar-refractivity contribution is 5.39. The molecule has 0 spiro atoms. The van der Waals surface area contributed by atoms with Crippen LogP contribution in [0.25, 0.3) is 0 Å². The van der Waals surface area contributed by atoms with Crippen LogP contribution in [0.15, 0.2) is 18.2 Å². The molecule has 0 aliphatic carbocycles. The van der Waals surface area contributed by atoms with Gasteiger partial charge in [-0.1, -0.05) is 17.9 Å². The highest BCUT2D eigenvalue weighted by Crippen LogP contribution is 2.25. The van der Waals surface area contributed by atoms with Crippen LogP contribution in [0.4, 0.5) is 0 Å². The van der Waals surface area contributed by atoms with Crippen molar-refractivity contribution in [1.29, 1.82) is 0 Å². The van der Waals surface area contributed by atoms with Crippen LogP contribution >= 0.6 is 0 Å². The summed E-state index contributed by atoms with van der Waals surface area (Å²) in [5, 5.41) is 0. The fourth-order valence-electron chi connectivity index (χ4n) is 0.872. The molecule has 0 heterocycles. The third-order valence-electron chi connectivity index (χ3n) is 1.41. The maximum Gasteiger partial charge on any atom is 0.163 e. The second kappa shape index (κ2) is 5.56. The van der Waals surface area contributed by atoms with Gasteiger partial charge >= 0.3 is 0 Å². The molecule has 1 radical (unpaired) electrons. The summed E-state index contributed by atoms with van der Waals surface area (Å²) in [5.74, 6) is 5.88. The maximum absolute atomic E-state index is 5.23. The molecule has 0 aliphatic heterocycles. The lowest BCUT2D eigenvalue weighted by atomic mass is 10.3. The number of ether oxygens (including phenoxy) is 2. The summed E-state index contributed by atoms with van der Waals surface area (Å²) >= 11 is 0. The van der Waals surface area contributed by atoms with Crippen molar-refractivity contribution in [1.82, 2.24) is 0 Å². The van der Waals surface area contributed by atoms with Crippen molar-refractivity contribution in [2.24, 2.45) is 0 Å². The molecule has 2 nitrogen and oxygen atoms in total. The first-order valence-corrected chi connectivity index (χ1v) is 4.01. The van der Waals surface area contributed by atoms with Gasteiger partial charge in [0.1, 0.15) is 13.2 Å². The normalized spacial score (nSPS) is 8.43. The molecule has 0 atom stereocenters. The van der Waals surface area contributed by atoms with Crippen LogP contribution in [0.2, 0.25) is 0 Å². The van der Waals surface area contributed by atoms with E-state index in [2.05, 4.69) is 17.9 Å². The van der Waals surface area contributed by atoms with Crippen LogP contribution in [0.1, 0.15) is 0 Å². The summed E-state index contributed by atoms with van der Waals surface area (Å²) in [6.45, 7) is 0.403. The van der Waals surface area contributed by atoms with E-state index < -0.39 is 0 Å². The van der Waals surface area contributed by atoms with Gasteiger partial charge in [-0.2, -0.15) is 0 Å². The molecule has 14 heavy (non-hydrogen) atoms. The predicted octanol–water partition coefficient (Wildman–Crippen LogP) is 1.51. The average molecular weight is 185 g/mol. The van der Waals surface area contributed by atoms with Crippen LogP contribution in [0.5, 0.6) is 11.5 Å². The molecule has 0 fully saturated rings.